The number of benzene rings is 2. The average molecular weight is 505 g/mol. The number of ether oxygens (including phenoxy) is 2. The molecule has 0 spiro atoms. The number of carbonyl (C=O) groups is 1. The summed E-state index contributed by atoms with van der Waals surface area (Å²) in [6.07, 6.45) is 6.56. The van der Waals surface area contributed by atoms with Gasteiger partial charge >= 0.3 is 5.97 Å². The van der Waals surface area contributed by atoms with Crippen LogP contribution in [0.2, 0.25) is 0 Å². The minimum atomic E-state index is -0.903. The molecule has 3 aromatic rings. The van der Waals surface area contributed by atoms with Crippen molar-refractivity contribution >= 4 is 17.7 Å². The van der Waals surface area contributed by atoms with E-state index in [9.17, 15) is 9.90 Å². The molecule has 37 heavy (non-hydrogen) atoms. The van der Waals surface area contributed by atoms with Crippen LogP contribution in [0.4, 0.5) is 5.69 Å². The van der Waals surface area contributed by atoms with Crippen molar-refractivity contribution in [2.45, 2.75) is 32.7 Å². The van der Waals surface area contributed by atoms with Gasteiger partial charge in [0, 0.05) is 36.6 Å². The maximum absolute atomic E-state index is 11.9. The Kier molecular flexibility index (Phi) is 8.98. The topological polar surface area (TPSA) is 88.9 Å². The number of aliphatic carboxylic acids is 1. The second-order valence-electron chi connectivity index (χ2n) is 9.30. The van der Waals surface area contributed by atoms with Crippen molar-refractivity contribution in [3.8, 4) is 11.4 Å². The summed E-state index contributed by atoms with van der Waals surface area (Å²) in [4.78, 5) is 18.6. The molecule has 8 heteroatoms. The first-order valence-electron chi connectivity index (χ1n) is 12.7. The zero-order chi connectivity index (χ0) is 26.2. The van der Waals surface area contributed by atoms with E-state index in [0.717, 1.165) is 56.2 Å². The van der Waals surface area contributed by atoms with Gasteiger partial charge in [-0.25, -0.2) is 9.78 Å². The van der Waals surface area contributed by atoms with Gasteiger partial charge in [-0.2, -0.15) is 0 Å². The first-order valence-corrected chi connectivity index (χ1v) is 12.7. The third kappa shape index (κ3) is 6.99. The Balaban J connectivity index is 1.35. The lowest BCUT2D eigenvalue weighted by Gasteiger charge is -2.29. The average Bonchev–Trinajstić information content (AvgIpc) is 3.36. The molecule has 0 aliphatic carbocycles. The second kappa shape index (κ2) is 12.6. The smallest absolute Gasteiger partial charge is 0.331 e. The zero-order valence-corrected chi connectivity index (χ0v) is 21.8. The quantitative estimate of drug-likeness (QED) is 0.291. The Morgan fingerprint density at radius 1 is 1.24 bits per heavy atom. The highest BCUT2D eigenvalue weighted by Gasteiger charge is 2.14. The SMILES string of the molecule is COc1cc(/C=C(\CCCNC(C)c2cccc(N3CCOCC3)c2)C(=O)O)ccc1-n1cnc(C)c1. The first-order chi connectivity index (χ1) is 17.9. The number of anilines is 1. The molecule has 1 saturated heterocycles. The molecular formula is C29H36N4O4. The number of hydrogen-bond acceptors (Lipinski definition) is 6. The van der Waals surface area contributed by atoms with Crippen LogP contribution in [0.3, 0.4) is 0 Å². The summed E-state index contributed by atoms with van der Waals surface area (Å²) in [7, 11) is 1.61. The molecule has 1 aliphatic rings. The minimum Gasteiger partial charge on any atom is -0.495 e. The Morgan fingerprint density at radius 3 is 2.76 bits per heavy atom. The van der Waals surface area contributed by atoms with Crippen LogP contribution >= 0.6 is 0 Å². The lowest BCUT2D eigenvalue weighted by Crippen LogP contribution is -2.36. The number of methoxy groups -OCH3 is 1. The number of aromatic nitrogens is 2. The van der Waals surface area contributed by atoms with Gasteiger partial charge in [-0.3, -0.25) is 0 Å². The molecule has 1 atom stereocenters. The van der Waals surface area contributed by atoms with E-state index in [1.54, 1.807) is 19.5 Å². The number of aryl methyl sites for hydroxylation is 1. The molecule has 2 heterocycles. The number of rotatable bonds is 11. The fourth-order valence-electron chi connectivity index (χ4n) is 4.52. The van der Waals surface area contributed by atoms with Crippen molar-refractivity contribution < 1.29 is 19.4 Å². The van der Waals surface area contributed by atoms with Crippen molar-refractivity contribution in [2.75, 3.05) is 44.9 Å². The third-order valence-corrected chi connectivity index (χ3v) is 6.63. The van der Waals surface area contributed by atoms with E-state index in [-0.39, 0.29) is 6.04 Å². The van der Waals surface area contributed by atoms with Crippen LogP contribution in [0.25, 0.3) is 11.8 Å². The highest BCUT2D eigenvalue weighted by molar-refractivity contribution is 5.92. The van der Waals surface area contributed by atoms with Crippen LogP contribution in [-0.4, -0.2) is 60.6 Å². The Morgan fingerprint density at radius 2 is 2.05 bits per heavy atom. The fraction of sp³-hybridized carbons (Fsp3) is 0.379. The molecule has 2 aromatic carbocycles. The van der Waals surface area contributed by atoms with Crippen LogP contribution < -0.4 is 15.0 Å². The molecule has 1 unspecified atom stereocenters. The monoisotopic (exact) mass is 504 g/mol. The van der Waals surface area contributed by atoms with Gasteiger partial charge < -0.3 is 29.4 Å². The van der Waals surface area contributed by atoms with Gasteiger partial charge in [0.2, 0.25) is 0 Å². The summed E-state index contributed by atoms with van der Waals surface area (Å²) >= 11 is 0. The van der Waals surface area contributed by atoms with Crippen molar-refractivity contribution in [3.63, 3.8) is 0 Å². The van der Waals surface area contributed by atoms with Gasteiger partial charge in [0.1, 0.15) is 5.75 Å². The summed E-state index contributed by atoms with van der Waals surface area (Å²) in [5, 5.41) is 13.3. The summed E-state index contributed by atoms with van der Waals surface area (Å²) in [6.45, 7) is 8.13. The van der Waals surface area contributed by atoms with Gasteiger partial charge in [-0.05, 0) is 74.7 Å². The molecule has 1 aliphatic heterocycles. The van der Waals surface area contributed by atoms with Crippen LogP contribution in [0.5, 0.6) is 5.75 Å². The maximum atomic E-state index is 11.9. The molecule has 0 saturated carbocycles. The Labute approximate surface area is 218 Å². The number of nitrogens with one attached hydrogen (secondary N) is 1. The van der Waals surface area contributed by atoms with Gasteiger partial charge in [-0.15, -0.1) is 0 Å². The number of hydrogen-bond donors (Lipinski definition) is 2. The van der Waals surface area contributed by atoms with E-state index in [4.69, 9.17) is 9.47 Å². The van der Waals surface area contributed by atoms with E-state index in [0.29, 0.717) is 17.7 Å². The number of morpholine rings is 1. The first kappa shape index (κ1) is 26.4. The molecule has 4 rings (SSSR count). The summed E-state index contributed by atoms with van der Waals surface area (Å²) in [5.41, 5.74) is 5.36. The van der Waals surface area contributed by atoms with Crippen LogP contribution in [0.15, 0.2) is 60.6 Å². The highest BCUT2D eigenvalue weighted by Crippen LogP contribution is 2.26. The predicted molar refractivity (Wildman–Crippen MR) is 146 cm³/mol. The van der Waals surface area contributed by atoms with E-state index in [2.05, 4.69) is 46.4 Å². The van der Waals surface area contributed by atoms with E-state index in [1.807, 2.05) is 35.9 Å². The van der Waals surface area contributed by atoms with E-state index < -0.39 is 5.97 Å². The van der Waals surface area contributed by atoms with E-state index in [1.165, 1.54) is 11.3 Å². The largest absolute Gasteiger partial charge is 0.495 e. The van der Waals surface area contributed by atoms with Crippen molar-refractivity contribution in [1.29, 1.82) is 0 Å². The lowest BCUT2D eigenvalue weighted by atomic mass is 10.0. The molecule has 2 N–H and O–H groups in total. The van der Waals surface area contributed by atoms with Crippen molar-refractivity contribution in [1.82, 2.24) is 14.9 Å². The van der Waals surface area contributed by atoms with Crippen molar-refractivity contribution in [2.24, 2.45) is 0 Å². The molecule has 0 bridgehead atoms. The molecule has 0 radical (unpaired) electrons. The number of carboxylic acids is 1. The molecule has 196 valence electrons. The second-order valence-corrected chi connectivity index (χ2v) is 9.30. The lowest BCUT2D eigenvalue weighted by molar-refractivity contribution is -0.132. The molecule has 1 aromatic heterocycles. The van der Waals surface area contributed by atoms with Crippen LogP contribution in [0.1, 0.15) is 42.6 Å². The standard InChI is InChI=1S/C29H36N4O4/c1-21-19-33(20-31-21)27-10-9-23(17-28(27)36-3)16-25(29(34)35)7-5-11-30-22(2)24-6-4-8-26(18-24)32-12-14-37-15-13-32/h4,6,8-10,16-20,22,30H,5,7,11-15H2,1-3H3,(H,34,35)/b25-16+. The van der Waals surface area contributed by atoms with Crippen LogP contribution in [-0.2, 0) is 9.53 Å². The third-order valence-electron chi connectivity index (χ3n) is 6.63. The Bertz CT molecular complexity index is 1230. The van der Waals surface area contributed by atoms with Gasteiger partial charge in [0.05, 0.1) is 38.0 Å². The number of imidazole rings is 1. The Hall–Kier alpha value is -3.62. The number of carboxylic acid groups (broad SMARTS) is 1. The normalized spacial score (nSPS) is 15.0. The maximum Gasteiger partial charge on any atom is 0.331 e. The predicted octanol–water partition coefficient (Wildman–Crippen LogP) is 4.62. The van der Waals surface area contributed by atoms with Crippen molar-refractivity contribution in [3.05, 3.63) is 77.4 Å². The summed E-state index contributed by atoms with van der Waals surface area (Å²) in [6, 6.07) is 14.4. The van der Waals surface area contributed by atoms with Gasteiger partial charge in [0.15, 0.2) is 0 Å². The molecule has 8 nitrogen and oxygen atoms in total. The molecular weight excluding hydrogens is 468 g/mol. The zero-order valence-electron chi connectivity index (χ0n) is 21.8. The van der Waals surface area contributed by atoms with Gasteiger partial charge in [0.25, 0.3) is 0 Å². The molecule has 1 fully saturated rings. The summed E-state index contributed by atoms with van der Waals surface area (Å²) < 4.78 is 12.9. The van der Waals surface area contributed by atoms with Crippen LogP contribution in [0, 0.1) is 6.92 Å². The molecule has 0 amide bonds. The van der Waals surface area contributed by atoms with Gasteiger partial charge in [-0.1, -0.05) is 18.2 Å². The fourth-order valence-corrected chi connectivity index (χ4v) is 4.52. The van der Waals surface area contributed by atoms with E-state index >= 15 is 0 Å². The number of nitrogens with zero attached hydrogens (tertiary/aromatic N) is 3. The summed E-state index contributed by atoms with van der Waals surface area (Å²) in [5.74, 6) is -0.245. The highest BCUT2D eigenvalue weighted by atomic mass is 16.5. The minimum absolute atomic E-state index is 0.168.